The van der Waals surface area contributed by atoms with Crippen molar-refractivity contribution in [2.45, 2.75) is 25.9 Å². The van der Waals surface area contributed by atoms with Gasteiger partial charge in [0.2, 0.25) is 0 Å². The molecule has 0 aromatic heterocycles. The van der Waals surface area contributed by atoms with E-state index in [1.54, 1.807) is 12.1 Å². The van der Waals surface area contributed by atoms with Gasteiger partial charge in [-0.25, -0.2) is 4.79 Å². The Kier molecular flexibility index (Phi) is 3.33. The van der Waals surface area contributed by atoms with Crippen LogP contribution in [-0.2, 0) is 11.2 Å². The third kappa shape index (κ3) is 2.42. The Morgan fingerprint density at radius 2 is 2.29 bits per heavy atom. The molecule has 0 aliphatic heterocycles. The molecule has 4 nitrogen and oxygen atoms in total. The van der Waals surface area contributed by atoms with Crippen LogP contribution in [-0.4, -0.2) is 22.8 Å². The topological polar surface area (TPSA) is 66.8 Å². The molecular formula is C13H16O4. The van der Waals surface area contributed by atoms with Crippen molar-refractivity contribution in [1.82, 2.24) is 0 Å². The van der Waals surface area contributed by atoms with Crippen LogP contribution in [0.4, 0.5) is 0 Å². The fourth-order valence-electron chi connectivity index (χ4n) is 2.24. The molecule has 1 aromatic carbocycles. The van der Waals surface area contributed by atoms with Crippen LogP contribution in [0.25, 0.3) is 0 Å². The van der Waals surface area contributed by atoms with Gasteiger partial charge in [-0.3, -0.25) is 0 Å². The van der Waals surface area contributed by atoms with Crippen molar-refractivity contribution in [3.8, 4) is 5.75 Å². The van der Waals surface area contributed by atoms with Crippen molar-refractivity contribution in [2.24, 2.45) is 5.92 Å². The second-order valence-electron chi connectivity index (χ2n) is 4.47. The van der Waals surface area contributed by atoms with Crippen LogP contribution in [0.5, 0.6) is 5.75 Å². The molecule has 2 rings (SSSR count). The minimum Gasteiger partial charge on any atom is -0.482 e. The van der Waals surface area contributed by atoms with Gasteiger partial charge in [-0.15, -0.1) is 0 Å². The quantitative estimate of drug-likeness (QED) is 0.839. The standard InChI is InChI=1S/C13H16O4/c1-8-5-6-9-10(13(8)16)3-2-4-11(9)17-7-12(14)15/h2-4,8,13,16H,5-7H2,1H3,(H,14,15). The number of fused-ring (bicyclic) bond motifs is 1. The molecule has 92 valence electrons. The Labute approximate surface area is 99.8 Å². The summed E-state index contributed by atoms with van der Waals surface area (Å²) in [5.74, 6) is -0.180. The smallest absolute Gasteiger partial charge is 0.341 e. The fourth-order valence-corrected chi connectivity index (χ4v) is 2.24. The maximum absolute atomic E-state index is 10.5. The number of carbonyl (C=O) groups is 1. The Bertz CT molecular complexity index is 427. The number of aliphatic hydroxyl groups is 1. The van der Waals surface area contributed by atoms with Gasteiger partial charge < -0.3 is 14.9 Å². The first-order valence-corrected chi connectivity index (χ1v) is 5.74. The number of carboxylic acids is 1. The van der Waals surface area contributed by atoms with Gasteiger partial charge in [0.1, 0.15) is 5.75 Å². The SMILES string of the molecule is CC1CCc2c(OCC(=O)O)cccc2C1O. The first kappa shape index (κ1) is 11.9. The molecule has 0 bridgehead atoms. The van der Waals surface area contributed by atoms with E-state index in [9.17, 15) is 9.90 Å². The van der Waals surface area contributed by atoms with Crippen LogP contribution in [0.3, 0.4) is 0 Å². The lowest BCUT2D eigenvalue weighted by molar-refractivity contribution is -0.139. The average molecular weight is 236 g/mol. The molecule has 0 spiro atoms. The Hall–Kier alpha value is -1.55. The number of ether oxygens (including phenoxy) is 1. The first-order valence-electron chi connectivity index (χ1n) is 5.74. The van der Waals surface area contributed by atoms with Gasteiger partial charge in [-0.2, -0.15) is 0 Å². The highest BCUT2D eigenvalue weighted by molar-refractivity contribution is 5.68. The maximum Gasteiger partial charge on any atom is 0.341 e. The molecular weight excluding hydrogens is 220 g/mol. The van der Waals surface area contributed by atoms with Crippen LogP contribution in [0.1, 0.15) is 30.6 Å². The Morgan fingerprint density at radius 1 is 1.53 bits per heavy atom. The lowest BCUT2D eigenvalue weighted by atomic mass is 9.82. The van der Waals surface area contributed by atoms with Gasteiger partial charge in [0.15, 0.2) is 6.61 Å². The number of carboxylic acid groups (broad SMARTS) is 1. The molecule has 0 amide bonds. The molecule has 0 radical (unpaired) electrons. The highest BCUT2D eigenvalue weighted by atomic mass is 16.5. The molecule has 0 fully saturated rings. The van der Waals surface area contributed by atoms with E-state index in [4.69, 9.17) is 9.84 Å². The summed E-state index contributed by atoms with van der Waals surface area (Å²) in [4.78, 5) is 10.5. The van der Waals surface area contributed by atoms with E-state index in [-0.39, 0.29) is 12.5 Å². The normalized spacial score (nSPS) is 22.9. The van der Waals surface area contributed by atoms with E-state index in [1.165, 1.54) is 0 Å². The van der Waals surface area contributed by atoms with Crippen molar-refractivity contribution < 1.29 is 19.7 Å². The molecule has 2 unspecified atom stereocenters. The average Bonchev–Trinajstić information content (AvgIpc) is 2.31. The number of aliphatic carboxylic acids is 1. The van der Waals surface area contributed by atoms with Crippen LogP contribution in [0.15, 0.2) is 18.2 Å². The Morgan fingerprint density at radius 3 is 3.00 bits per heavy atom. The number of benzene rings is 1. The van der Waals surface area contributed by atoms with Crippen molar-refractivity contribution in [1.29, 1.82) is 0 Å². The van der Waals surface area contributed by atoms with Crippen LogP contribution in [0, 0.1) is 5.92 Å². The van der Waals surface area contributed by atoms with Crippen molar-refractivity contribution in [2.75, 3.05) is 6.61 Å². The highest BCUT2D eigenvalue weighted by Crippen LogP contribution is 2.38. The third-order valence-corrected chi connectivity index (χ3v) is 3.23. The van der Waals surface area contributed by atoms with Crippen molar-refractivity contribution in [3.05, 3.63) is 29.3 Å². The molecule has 1 aliphatic carbocycles. The minimum atomic E-state index is -0.993. The molecule has 0 heterocycles. The summed E-state index contributed by atoms with van der Waals surface area (Å²) in [6, 6.07) is 5.42. The highest BCUT2D eigenvalue weighted by Gasteiger charge is 2.26. The number of hydrogen-bond donors (Lipinski definition) is 2. The zero-order chi connectivity index (χ0) is 12.4. The monoisotopic (exact) mass is 236 g/mol. The van der Waals surface area contributed by atoms with Gasteiger partial charge in [-0.1, -0.05) is 19.1 Å². The summed E-state index contributed by atoms with van der Waals surface area (Å²) in [5.41, 5.74) is 1.81. The largest absolute Gasteiger partial charge is 0.482 e. The molecule has 0 saturated carbocycles. The van der Waals surface area contributed by atoms with E-state index >= 15 is 0 Å². The maximum atomic E-state index is 10.5. The van der Waals surface area contributed by atoms with Gasteiger partial charge in [-0.05, 0) is 36.0 Å². The van der Waals surface area contributed by atoms with E-state index in [0.29, 0.717) is 5.75 Å². The van der Waals surface area contributed by atoms with E-state index in [0.717, 1.165) is 24.0 Å². The molecule has 2 N–H and O–H groups in total. The summed E-state index contributed by atoms with van der Waals surface area (Å²) in [6.45, 7) is 1.67. The van der Waals surface area contributed by atoms with E-state index in [2.05, 4.69) is 0 Å². The second-order valence-corrected chi connectivity index (χ2v) is 4.47. The molecule has 4 heteroatoms. The molecule has 17 heavy (non-hydrogen) atoms. The molecule has 2 atom stereocenters. The lowest BCUT2D eigenvalue weighted by Crippen LogP contribution is -2.19. The fraction of sp³-hybridized carbons (Fsp3) is 0.462. The van der Waals surface area contributed by atoms with Gasteiger partial charge in [0.05, 0.1) is 6.10 Å². The summed E-state index contributed by atoms with van der Waals surface area (Å²) in [7, 11) is 0. The summed E-state index contributed by atoms with van der Waals surface area (Å²) in [5, 5.41) is 18.7. The lowest BCUT2D eigenvalue weighted by Gasteiger charge is -2.28. The number of rotatable bonds is 3. The summed E-state index contributed by atoms with van der Waals surface area (Å²) in [6.07, 6.45) is 1.23. The number of hydrogen-bond acceptors (Lipinski definition) is 3. The predicted octanol–water partition coefficient (Wildman–Crippen LogP) is 1.77. The molecule has 1 aliphatic rings. The minimum absolute atomic E-state index is 0.234. The second kappa shape index (κ2) is 4.75. The van der Waals surface area contributed by atoms with Crippen LogP contribution < -0.4 is 4.74 Å². The molecule has 1 aromatic rings. The van der Waals surface area contributed by atoms with E-state index in [1.807, 2.05) is 13.0 Å². The predicted molar refractivity (Wildman–Crippen MR) is 62.0 cm³/mol. The first-order chi connectivity index (χ1) is 8.09. The van der Waals surface area contributed by atoms with Crippen molar-refractivity contribution >= 4 is 5.97 Å². The zero-order valence-corrected chi connectivity index (χ0v) is 9.72. The van der Waals surface area contributed by atoms with Gasteiger partial charge in [0, 0.05) is 0 Å². The molecule has 0 saturated heterocycles. The Balaban J connectivity index is 2.27. The van der Waals surface area contributed by atoms with Crippen LogP contribution in [0.2, 0.25) is 0 Å². The van der Waals surface area contributed by atoms with Gasteiger partial charge in [0.25, 0.3) is 0 Å². The third-order valence-electron chi connectivity index (χ3n) is 3.23. The summed E-state index contributed by atoms with van der Waals surface area (Å²) < 4.78 is 5.24. The zero-order valence-electron chi connectivity index (χ0n) is 9.72. The van der Waals surface area contributed by atoms with Crippen LogP contribution >= 0.6 is 0 Å². The van der Waals surface area contributed by atoms with Crippen molar-refractivity contribution in [3.63, 3.8) is 0 Å². The number of aliphatic hydroxyl groups excluding tert-OH is 1. The van der Waals surface area contributed by atoms with Gasteiger partial charge >= 0.3 is 5.97 Å². The summed E-state index contributed by atoms with van der Waals surface area (Å²) >= 11 is 0. The van der Waals surface area contributed by atoms with E-state index < -0.39 is 12.1 Å².